The van der Waals surface area contributed by atoms with E-state index in [1.165, 1.54) is 0 Å². The van der Waals surface area contributed by atoms with Gasteiger partial charge in [0.2, 0.25) is 0 Å². The Morgan fingerprint density at radius 2 is 2.00 bits per heavy atom. The smallest absolute Gasteiger partial charge is 0.306 e. The van der Waals surface area contributed by atoms with Gasteiger partial charge in [0.25, 0.3) is 0 Å². The van der Waals surface area contributed by atoms with E-state index in [-0.39, 0.29) is 0 Å². The zero-order valence-electron chi connectivity index (χ0n) is 9.23. The van der Waals surface area contributed by atoms with Crippen LogP contribution in [0, 0.1) is 5.92 Å². The van der Waals surface area contributed by atoms with Crippen molar-refractivity contribution in [3.63, 3.8) is 0 Å². The molecule has 0 unspecified atom stereocenters. The van der Waals surface area contributed by atoms with Gasteiger partial charge in [-0.15, -0.1) is 0 Å². The van der Waals surface area contributed by atoms with E-state index in [2.05, 4.69) is 13.8 Å². The molecule has 1 aromatic rings. The fraction of sp³-hybridized carbons (Fsp3) is 0.455. The molecule has 0 fully saturated rings. The van der Waals surface area contributed by atoms with Crippen LogP contribution in [0.3, 0.4) is 0 Å². The highest BCUT2D eigenvalue weighted by molar-refractivity contribution is 7.86. The monoisotopic (exact) mass is 228 g/mol. The number of hydrogen-bond acceptors (Lipinski definition) is 3. The lowest BCUT2D eigenvalue weighted by molar-refractivity contribution is 0.492. The van der Waals surface area contributed by atoms with E-state index in [0.29, 0.717) is 11.7 Å². The first kappa shape index (κ1) is 12.0. The van der Waals surface area contributed by atoms with Gasteiger partial charge in [0.15, 0.2) is 0 Å². The lowest BCUT2D eigenvalue weighted by Crippen LogP contribution is -2.06. The van der Waals surface area contributed by atoms with Crippen LogP contribution in [0.25, 0.3) is 0 Å². The van der Waals surface area contributed by atoms with Crippen LogP contribution in [0.15, 0.2) is 24.3 Å². The third kappa shape index (κ3) is 4.83. The minimum atomic E-state index is -3.42. The molecule has 0 N–H and O–H groups in total. The molecule has 0 bridgehead atoms. The Hall–Kier alpha value is -1.03. The molecule has 3 nitrogen and oxygen atoms in total. The topological polar surface area (TPSA) is 43.4 Å². The van der Waals surface area contributed by atoms with Crippen molar-refractivity contribution in [3.8, 4) is 5.75 Å². The van der Waals surface area contributed by atoms with Crippen LogP contribution in [0.4, 0.5) is 0 Å². The van der Waals surface area contributed by atoms with E-state index in [1.54, 1.807) is 18.2 Å². The fourth-order valence-corrected chi connectivity index (χ4v) is 1.82. The summed E-state index contributed by atoms with van der Waals surface area (Å²) < 4.78 is 26.6. The zero-order chi connectivity index (χ0) is 11.5. The van der Waals surface area contributed by atoms with Crippen LogP contribution in [0.1, 0.15) is 19.4 Å². The Kier molecular flexibility index (Phi) is 3.74. The highest BCUT2D eigenvalue weighted by Crippen LogP contribution is 2.17. The van der Waals surface area contributed by atoms with Crippen LogP contribution in [-0.4, -0.2) is 14.7 Å². The van der Waals surface area contributed by atoms with Crippen LogP contribution in [-0.2, 0) is 16.5 Å². The Morgan fingerprint density at radius 1 is 1.33 bits per heavy atom. The molecule has 0 aliphatic heterocycles. The number of hydrogen-bond donors (Lipinski definition) is 0. The quantitative estimate of drug-likeness (QED) is 0.742. The number of rotatable bonds is 4. The van der Waals surface area contributed by atoms with E-state index in [1.807, 2.05) is 6.07 Å². The lowest BCUT2D eigenvalue weighted by atomic mass is 10.0. The molecule has 0 amide bonds. The molecule has 0 aromatic heterocycles. The average molecular weight is 228 g/mol. The second-order valence-corrected chi connectivity index (χ2v) is 5.61. The van der Waals surface area contributed by atoms with Gasteiger partial charge in [-0.1, -0.05) is 26.0 Å². The molecule has 84 valence electrons. The maximum absolute atomic E-state index is 10.9. The van der Waals surface area contributed by atoms with Crippen molar-refractivity contribution < 1.29 is 12.6 Å². The van der Waals surface area contributed by atoms with Gasteiger partial charge in [0, 0.05) is 0 Å². The summed E-state index contributed by atoms with van der Waals surface area (Å²) in [6.07, 6.45) is 1.96. The van der Waals surface area contributed by atoms with E-state index >= 15 is 0 Å². The van der Waals surface area contributed by atoms with Crippen molar-refractivity contribution in [2.75, 3.05) is 6.26 Å². The summed E-state index contributed by atoms with van der Waals surface area (Å²) in [7, 11) is -3.42. The third-order valence-corrected chi connectivity index (χ3v) is 2.29. The molecule has 0 aliphatic rings. The molecular weight excluding hydrogens is 212 g/mol. The molecule has 0 spiro atoms. The third-order valence-electron chi connectivity index (χ3n) is 1.79. The van der Waals surface area contributed by atoms with Crippen molar-refractivity contribution in [3.05, 3.63) is 29.8 Å². The molecule has 0 radical (unpaired) electrons. The molecule has 4 heteroatoms. The first-order valence-corrected chi connectivity index (χ1v) is 6.67. The van der Waals surface area contributed by atoms with E-state index in [0.717, 1.165) is 18.2 Å². The first-order chi connectivity index (χ1) is 6.87. The van der Waals surface area contributed by atoms with Crippen LogP contribution in [0.5, 0.6) is 5.75 Å². The van der Waals surface area contributed by atoms with Crippen molar-refractivity contribution in [1.29, 1.82) is 0 Å². The molecule has 1 rings (SSSR count). The summed E-state index contributed by atoms with van der Waals surface area (Å²) >= 11 is 0. The Balaban J connectivity index is 2.83. The highest BCUT2D eigenvalue weighted by atomic mass is 32.2. The SMILES string of the molecule is CC(C)Cc1cccc(OS(C)(=O)=O)c1. The van der Waals surface area contributed by atoms with Gasteiger partial charge >= 0.3 is 10.1 Å². The molecule has 1 aromatic carbocycles. The van der Waals surface area contributed by atoms with Gasteiger partial charge in [-0.3, -0.25) is 0 Å². The van der Waals surface area contributed by atoms with Crippen molar-refractivity contribution in [1.82, 2.24) is 0 Å². The molecular formula is C11H16O3S. The summed E-state index contributed by atoms with van der Waals surface area (Å²) in [4.78, 5) is 0. The highest BCUT2D eigenvalue weighted by Gasteiger charge is 2.05. The zero-order valence-corrected chi connectivity index (χ0v) is 10.0. The Morgan fingerprint density at radius 3 is 2.53 bits per heavy atom. The maximum atomic E-state index is 10.9. The summed E-state index contributed by atoms with van der Waals surface area (Å²) in [5, 5.41) is 0. The second kappa shape index (κ2) is 4.66. The van der Waals surface area contributed by atoms with E-state index in [9.17, 15) is 8.42 Å². The van der Waals surface area contributed by atoms with Crippen LogP contribution in [0.2, 0.25) is 0 Å². The lowest BCUT2D eigenvalue weighted by Gasteiger charge is -2.07. The Bertz CT molecular complexity index is 421. The molecule has 0 saturated carbocycles. The standard InChI is InChI=1S/C11H16O3S/c1-9(2)7-10-5-4-6-11(8-10)14-15(3,12)13/h4-6,8-9H,7H2,1-3H3. The van der Waals surface area contributed by atoms with Crippen molar-refractivity contribution in [2.45, 2.75) is 20.3 Å². The average Bonchev–Trinajstić information content (AvgIpc) is 1.99. The molecule has 0 atom stereocenters. The molecule has 0 aliphatic carbocycles. The number of benzene rings is 1. The molecule has 0 saturated heterocycles. The maximum Gasteiger partial charge on any atom is 0.306 e. The minimum absolute atomic E-state index is 0.385. The van der Waals surface area contributed by atoms with Gasteiger partial charge in [0.05, 0.1) is 6.26 Å². The van der Waals surface area contributed by atoms with E-state index < -0.39 is 10.1 Å². The van der Waals surface area contributed by atoms with Crippen molar-refractivity contribution in [2.24, 2.45) is 5.92 Å². The minimum Gasteiger partial charge on any atom is -0.383 e. The second-order valence-electron chi connectivity index (χ2n) is 4.03. The van der Waals surface area contributed by atoms with Gasteiger partial charge < -0.3 is 4.18 Å². The normalized spacial score (nSPS) is 11.7. The predicted molar refractivity (Wildman–Crippen MR) is 60.5 cm³/mol. The summed E-state index contributed by atoms with van der Waals surface area (Å²) in [5.41, 5.74) is 1.09. The molecule has 0 heterocycles. The van der Waals surface area contributed by atoms with Gasteiger partial charge in [-0.25, -0.2) is 0 Å². The fourth-order valence-electron chi connectivity index (χ4n) is 1.37. The van der Waals surface area contributed by atoms with Crippen LogP contribution >= 0.6 is 0 Å². The molecule has 15 heavy (non-hydrogen) atoms. The Labute approximate surface area is 91.2 Å². The van der Waals surface area contributed by atoms with Crippen molar-refractivity contribution >= 4 is 10.1 Å². The summed E-state index contributed by atoms with van der Waals surface area (Å²) in [6.45, 7) is 4.23. The first-order valence-electron chi connectivity index (χ1n) is 4.85. The summed E-state index contributed by atoms with van der Waals surface area (Å²) in [6, 6.07) is 7.18. The van der Waals surface area contributed by atoms with Gasteiger partial charge in [0.1, 0.15) is 5.75 Å². The van der Waals surface area contributed by atoms with Gasteiger partial charge in [-0.05, 0) is 30.0 Å². The largest absolute Gasteiger partial charge is 0.383 e. The van der Waals surface area contributed by atoms with Gasteiger partial charge in [-0.2, -0.15) is 8.42 Å². The van der Waals surface area contributed by atoms with Crippen LogP contribution < -0.4 is 4.18 Å². The summed E-state index contributed by atoms with van der Waals surface area (Å²) in [5.74, 6) is 0.925. The predicted octanol–water partition coefficient (Wildman–Crippen LogP) is 2.22. The van der Waals surface area contributed by atoms with E-state index in [4.69, 9.17) is 4.18 Å².